The monoisotopic (exact) mass is 345 g/mol. The van der Waals surface area contributed by atoms with Crippen molar-refractivity contribution in [3.05, 3.63) is 46.4 Å². The number of nitrogens with one attached hydrogen (secondary N) is 2. The van der Waals surface area contributed by atoms with E-state index >= 15 is 0 Å². The third-order valence-electron chi connectivity index (χ3n) is 3.35. The highest BCUT2D eigenvalue weighted by molar-refractivity contribution is 6.03. The first-order valence-corrected chi connectivity index (χ1v) is 7.33. The van der Waals surface area contributed by atoms with Crippen LogP contribution in [0.1, 0.15) is 10.5 Å². The molecular weight excluding hydrogens is 326 g/mol. The average molecular weight is 345 g/mol. The fraction of sp³-hybridized carbons (Fsp3) is 0.250. The number of H-pyrrole nitrogens is 1. The molecule has 9 nitrogen and oxygen atoms in total. The fourth-order valence-electron chi connectivity index (χ4n) is 1.98. The van der Waals surface area contributed by atoms with Gasteiger partial charge in [-0.1, -0.05) is 0 Å². The minimum atomic E-state index is -0.511. The maximum atomic E-state index is 12.3. The Bertz CT molecular complexity index is 829. The van der Waals surface area contributed by atoms with Crippen molar-refractivity contribution in [2.45, 2.75) is 0 Å². The molecule has 25 heavy (non-hydrogen) atoms. The van der Waals surface area contributed by atoms with Gasteiger partial charge in [0.2, 0.25) is 5.95 Å². The second kappa shape index (κ2) is 7.47. The van der Waals surface area contributed by atoms with Crippen LogP contribution in [0.3, 0.4) is 0 Å². The van der Waals surface area contributed by atoms with Crippen molar-refractivity contribution >= 4 is 29.3 Å². The van der Waals surface area contributed by atoms with Crippen molar-refractivity contribution in [3.8, 4) is 0 Å². The van der Waals surface area contributed by atoms with Gasteiger partial charge in [-0.2, -0.15) is 0 Å². The Hall–Kier alpha value is -3.36. The number of nitrogens with zero attached hydrogens (tertiary/aromatic N) is 3. The summed E-state index contributed by atoms with van der Waals surface area (Å²) in [6.07, 6.45) is -0.499. The Morgan fingerprint density at radius 3 is 2.36 bits per heavy atom. The second-order valence-electron chi connectivity index (χ2n) is 5.38. The summed E-state index contributed by atoms with van der Waals surface area (Å²) in [7, 11) is 6.28. The number of ether oxygens (including phenoxy) is 1. The van der Waals surface area contributed by atoms with E-state index in [0.717, 1.165) is 6.07 Å². The molecule has 0 fully saturated rings. The number of rotatable bonds is 4. The van der Waals surface area contributed by atoms with Crippen LogP contribution in [-0.4, -0.2) is 50.2 Å². The van der Waals surface area contributed by atoms with Crippen molar-refractivity contribution in [3.63, 3.8) is 0 Å². The molecule has 1 heterocycles. The molecule has 9 heteroatoms. The van der Waals surface area contributed by atoms with E-state index in [4.69, 9.17) is 0 Å². The van der Waals surface area contributed by atoms with Gasteiger partial charge in [-0.15, -0.1) is 0 Å². The predicted molar refractivity (Wildman–Crippen MR) is 94.4 cm³/mol. The average Bonchev–Trinajstić information content (AvgIpc) is 2.60. The number of aromatic nitrogens is 2. The molecule has 0 atom stereocenters. The summed E-state index contributed by atoms with van der Waals surface area (Å²) in [5, 5.41) is 2.65. The van der Waals surface area contributed by atoms with E-state index in [9.17, 15) is 14.4 Å². The lowest BCUT2D eigenvalue weighted by Gasteiger charge is -2.16. The molecule has 1 aromatic carbocycles. The molecule has 2 rings (SSSR count). The van der Waals surface area contributed by atoms with E-state index in [0.29, 0.717) is 11.4 Å². The molecule has 0 aliphatic heterocycles. The summed E-state index contributed by atoms with van der Waals surface area (Å²) in [6.45, 7) is 0. The summed E-state index contributed by atoms with van der Waals surface area (Å²) in [5.41, 5.74) is 0.691. The number of hydrogen-bond acceptors (Lipinski definition) is 6. The number of anilines is 3. The smallest absolute Gasteiger partial charge is 0.413 e. The Morgan fingerprint density at radius 2 is 1.80 bits per heavy atom. The number of aromatic amines is 1. The van der Waals surface area contributed by atoms with Gasteiger partial charge in [-0.25, -0.2) is 9.78 Å². The molecule has 0 spiro atoms. The molecule has 0 bridgehead atoms. The SMILES string of the molecule is COC(=O)N(C)c1ccc(NC(=O)c2cc(=O)[nH]c(N(C)C)n2)cc1. The van der Waals surface area contributed by atoms with Crippen LogP contribution in [-0.2, 0) is 4.74 Å². The zero-order valence-electron chi connectivity index (χ0n) is 14.4. The van der Waals surface area contributed by atoms with Crippen LogP contribution in [0.5, 0.6) is 0 Å². The Labute approximate surface area is 144 Å². The first-order chi connectivity index (χ1) is 11.8. The molecule has 0 aliphatic rings. The zero-order valence-corrected chi connectivity index (χ0v) is 14.4. The highest BCUT2D eigenvalue weighted by Crippen LogP contribution is 2.18. The molecule has 2 N–H and O–H groups in total. The van der Waals surface area contributed by atoms with E-state index in [2.05, 4.69) is 20.0 Å². The third kappa shape index (κ3) is 4.34. The molecular formula is C16H19N5O4. The molecule has 0 unspecified atom stereocenters. The van der Waals surface area contributed by atoms with Crippen LogP contribution in [0, 0.1) is 0 Å². The van der Waals surface area contributed by atoms with Gasteiger partial charge in [0.05, 0.1) is 7.11 Å². The Morgan fingerprint density at radius 1 is 1.16 bits per heavy atom. The zero-order chi connectivity index (χ0) is 18.6. The minimum absolute atomic E-state index is 0.00297. The summed E-state index contributed by atoms with van der Waals surface area (Å²) >= 11 is 0. The lowest BCUT2D eigenvalue weighted by Crippen LogP contribution is -2.25. The van der Waals surface area contributed by atoms with Gasteiger partial charge in [-0.3, -0.25) is 19.5 Å². The second-order valence-corrected chi connectivity index (χ2v) is 5.38. The summed E-state index contributed by atoms with van der Waals surface area (Å²) in [5.74, 6) is -0.226. The molecule has 1 aromatic heterocycles. The fourth-order valence-corrected chi connectivity index (χ4v) is 1.98. The molecule has 0 radical (unpaired) electrons. The number of benzene rings is 1. The lowest BCUT2D eigenvalue weighted by atomic mass is 10.2. The first kappa shape index (κ1) is 18.0. The van der Waals surface area contributed by atoms with Gasteiger partial charge >= 0.3 is 6.09 Å². The van der Waals surface area contributed by atoms with Crippen LogP contribution < -0.4 is 20.7 Å². The van der Waals surface area contributed by atoms with Gasteiger partial charge in [0.25, 0.3) is 11.5 Å². The van der Waals surface area contributed by atoms with Crippen LogP contribution in [0.2, 0.25) is 0 Å². The van der Waals surface area contributed by atoms with Crippen LogP contribution in [0.4, 0.5) is 22.1 Å². The molecule has 2 aromatic rings. The first-order valence-electron chi connectivity index (χ1n) is 7.33. The van der Waals surface area contributed by atoms with E-state index in [1.54, 1.807) is 50.3 Å². The van der Waals surface area contributed by atoms with E-state index in [-0.39, 0.29) is 11.6 Å². The van der Waals surface area contributed by atoms with Gasteiger partial charge in [0, 0.05) is 38.6 Å². The standard InChI is InChI=1S/C16H19N5O4/c1-20(2)15-18-12(9-13(22)19-15)14(23)17-10-5-7-11(8-6-10)21(3)16(24)25-4/h5-9H,1-4H3,(H,17,23)(H,18,19,22). The molecule has 0 aliphatic carbocycles. The van der Waals surface area contributed by atoms with E-state index in [1.165, 1.54) is 12.0 Å². The van der Waals surface area contributed by atoms with Crippen LogP contribution >= 0.6 is 0 Å². The van der Waals surface area contributed by atoms with Crippen molar-refractivity contribution in [1.82, 2.24) is 9.97 Å². The minimum Gasteiger partial charge on any atom is -0.452 e. The molecule has 132 valence electrons. The number of carbonyl (C=O) groups is 2. The molecule has 0 saturated carbocycles. The van der Waals surface area contributed by atoms with Crippen LogP contribution in [0.15, 0.2) is 35.1 Å². The largest absolute Gasteiger partial charge is 0.452 e. The van der Waals surface area contributed by atoms with E-state index < -0.39 is 17.6 Å². The van der Waals surface area contributed by atoms with Crippen molar-refractivity contribution in [2.75, 3.05) is 43.4 Å². The number of carbonyl (C=O) groups excluding carboxylic acids is 2. The maximum absolute atomic E-state index is 12.3. The van der Waals surface area contributed by atoms with E-state index in [1.807, 2.05) is 0 Å². The summed E-state index contributed by atoms with van der Waals surface area (Å²) in [6, 6.07) is 7.70. The Balaban J connectivity index is 2.16. The topological polar surface area (TPSA) is 108 Å². The van der Waals surface area contributed by atoms with Gasteiger partial charge in [-0.05, 0) is 24.3 Å². The third-order valence-corrected chi connectivity index (χ3v) is 3.35. The lowest BCUT2D eigenvalue weighted by molar-refractivity contribution is 0.102. The van der Waals surface area contributed by atoms with Crippen LogP contribution in [0.25, 0.3) is 0 Å². The normalized spacial score (nSPS) is 10.1. The summed E-state index contributed by atoms with van der Waals surface area (Å²) in [4.78, 5) is 44.9. The number of methoxy groups -OCH3 is 1. The van der Waals surface area contributed by atoms with Crippen molar-refractivity contribution in [1.29, 1.82) is 0 Å². The molecule has 0 saturated heterocycles. The van der Waals surface area contributed by atoms with Gasteiger partial charge in [0.15, 0.2) is 0 Å². The van der Waals surface area contributed by atoms with Crippen molar-refractivity contribution in [2.24, 2.45) is 0 Å². The van der Waals surface area contributed by atoms with Gasteiger partial charge in [0.1, 0.15) is 5.69 Å². The van der Waals surface area contributed by atoms with Gasteiger partial charge < -0.3 is 15.0 Å². The highest BCUT2D eigenvalue weighted by Gasteiger charge is 2.13. The maximum Gasteiger partial charge on any atom is 0.413 e. The Kier molecular flexibility index (Phi) is 5.38. The number of hydrogen-bond donors (Lipinski definition) is 2. The van der Waals surface area contributed by atoms with Crippen molar-refractivity contribution < 1.29 is 14.3 Å². The number of amides is 2. The highest BCUT2D eigenvalue weighted by atomic mass is 16.5. The predicted octanol–water partition coefficient (Wildman–Crippen LogP) is 1.29. The quantitative estimate of drug-likeness (QED) is 0.864. The molecule has 2 amide bonds. The summed E-state index contributed by atoms with van der Waals surface area (Å²) < 4.78 is 4.63.